The Kier molecular flexibility index (Phi) is 4.67. The standard InChI is InChI=1S/C16H19NO/c1-6-10-12(8-3)15-13(9-4)16(18)17(5)14(15)11-7-2/h6-11H,2-3H2,1,4-5H3/b10-6-,13-9+,14-11+,15-12+. The topological polar surface area (TPSA) is 20.3 Å². The molecule has 0 aromatic heterocycles. The smallest absolute Gasteiger partial charge is 0.258 e. The first-order chi connectivity index (χ1) is 8.62. The first kappa shape index (κ1) is 14.0. The number of allylic oxidation sites excluding steroid dienone is 8. The Morgan fingerprint density at radius 3 is 2.39 bits per heavy atom. The summed E-state index contributed by atoms with van der Waals surface area (Å²) >= 11 is 0. The molecule has 2 heteroatoms. The maximum atomic E-state index is 12.1. The van der Waals surface area contributed by atoms with Crippen LogP contribution in [0.25, 0.3) is 0 Å². The van der Waals surface area contributed by atoms with Crippen molar-refractivity contribution in [1.29, 1.82) is 0 Å². The molecule has 1 aliphatic rings. The normalized spacial score (nSPS) is 23.3. The van der Waals surface area contributed by atoms with Crippen LogP contribution >= 0.6 is 0 Å². The van der Waals surface area contributed by atoms with Crippen LogP contribution in [-0.2, 0) is 4.79 Å². The Labute approximate surface area is 109 Å². The maximum Gasteiger partial charge on any atom is 0.258 e. The number of nitrogens with zero attached hydrogens (tertiary/aromatic N) is 1. The van der Waals surface area contributed by atoms with E-state index in [1.807, 2.05) is 38.2 Å². The first-order valence-electron chi connectivity index (χ1n) is 5.89. The van der Waals surface area contributed by atoms with Crippen LogP contribution in [0.5, 0.6) is 0 Å². The molecule has 94 valence electrons. The number of hydrogen-bond donors (Lipinski definition) is 0. The van der Waals surface area contributed by atoms with Crippen molar-refractivity contribution in [3.63, 3.8) is 0 Å². The van der Waals surface area contributed by atoms with E-state index in [0.29, 0.717) is 5.57 Å². The molecular formula is C16H19NO. The summed E-state index contributed by atoms with van der Waals surface area (Å²) in [6.07, 6.45) is 11.0. The highest BCUT2D eigenvalue weighted by molar-refractivity contribution is 6.05. The summed E-state index contributed by atoms with van der Waals surface area (Å²) in [5.41, 5.74) is 3.42. The van der Waals surface area contributed by atoms with Gasteiger partial charge < -0.3 is 4.90 Å². The van der Waals surface area contributed by atoms with Crippen LogP contribution in [0.2, 0.25) is 0 Å². The fourth-order valence-corrected chi connectivity index (χ4v) is 2.01. The lowest BCUT2D eigenvalue weighted by atomic mass is 9.99. The number of carbonyl (C=O) groups excluding carboxylic acids is 1. The summed E-state index contributed by atoms with van der Waals surface area (Å²) in [6.45, 7) is 11.3. The third-order valence-corrected chi connectivity index (χ3v) is 2.84. The van der Waals surface area contributed by atoms with E-state index in [-0.39, 0.29) is 5.91 Å². The Bertz CT molecular complexity index is 501. The molecule has 0 unspecified atom stereocenters. The zero-order valence-corrected chi connectivity index (χ0v) is 11.2. The number of amides is 1. The molecule has 1 fully saturated rings. The van der Waals surface area contributed by atoms with E-state index in [1.54, 1.807) is 24.1 Å². The van der Waals surface area contributed by atoms with E-state index < -0.39 is 0 Å². The minimum Gasteiger partial charge on any atom is -0.311 e. The monoisotopic (exact) mass is 241 g/mol. The number of likely N-dealkylation sites (tertiary alicyclic amines) is 1. The second kappa shape index (κ2) is 6.01. The van der Waals surface area contributed by atoms with Gasteiger partial charge in [0.05, 0.1) is 5.70 Å². The molecule has 0 N–H and O–H groups in total. The third-order valence-electron chi connectivity index (χ3n) is 2.84. The molecule has 0 bridgehead atoms. The van der Waals surface area contributed by atoms with Crippen molar-refractivity contribution in [2.24, 2.45) is 0 Å². The van der Waals surface area contributed by atoms with Crippen LogP contribution in [-0.4, -0.2) is 17.9 Å². The summed E-state index contributed by atoms with van der Waals surface area (Å²) < 4.78 is 0. The molecule has 0 saturated carbocycles. The zero-order valence-electron chi connectivity index (χ0n) is 11.2. The summed E-state index contributed by atoms with van der Waals surface area (Å²) in [7, 11) is 1.77. The molecule has 0 aromatic rings. The van der Waals surface area contributed by atoms with E-state index in [1.165, 1.54) is 0 Å². The molecule has 1 amide bonds. The molecule has 0 atom stereocenters. The predicted molar refractivity (Wildman–Crippen MR) is 76.8 cm³/mol. The van der Waals surface area contributed by atoms with Crippen molar-refractivity contribution in [1.82, 2.24) is 4.90 Å². The second-order valence-corrected chi connectivity index (χ2v) is 3.89. The van der Waals surface area contributed by atoms with Crippen molar-refractivity contribution in [3.05, 3.63) is 72.0 Å². The van der Waals surface area contributed by atoms with E-state index in [0.717, 1.165) is 16.8 Å². The quantitative estimate of drug-likeness (QED) is 0.692. The minimum atomic E-state index is 0.00412. The Balaban J connectivity index is 3.62. The molecular weight excluding hydrogens is 222 g/mol. The van der Waals surface area contributed by atoms with Crippen LogP contribution in [0.4, 0.5) is 0 Å². The average Bonchev–Trinajstić information content (AvgIpc) is 2.61. The molecule has 2 nitrogen and oxygen atoms in total. The van der Waals surface area contributed by atoms with Gasteiger partial charge in [-0.1, -0.05) is 43.5 Å². The van der Waals surface area contributed by atoms with E-state index in [9.17, 15) is 4.79 Å². The summed E-state index contributed by atoms with van der Waals surface area (Å²) in [5.74, 6) is 0.00412. The van der Waals surface area contributed by atoms with Gasteiger partial charge in [0.1, 0.15) is 0 Å². The second-order valence-electron chi connectivity index (χ2n) is 3.89. The van der Waals surface area contributed by atoms with Gasteiger partial charge in [0.15, 0.2) is 0 Å². The molecule has 0 radical (unpaired) electrons. The van der Waals surface area contributed by atoms with Crippen LogP contribution < -0.4 is 0 Å². The van der Waals surface area contributed by atoms with Crippen molar-refractivity contribution in [3.8, 4) is 0 Å². The molecule has 1 aliphatic heterocycles. The molecule has 0 aromatic carbocycles. The van der Waals surface area contributed by atoms with E-state index >= 15 is 0 Å². The van der Waals surface area contributed by atoms with Crippen LogP contribution in [0, 0.1) is 0 Å². The van der Waals surface area contributed by atoms with Gasteiger partial charge in [-0.25, -0.2) is 0 Å². The summed E-state index contributed by atoms with van der Waals surface area (Å²) in [5, 5.41) is 0. The highest BCUT2D eigenvalue weighted by Gasteiger charge is 2.32. The van der Waals surface area contributed by atoms with Gasteiger partial charge in [-0.3, -0.25) is 4.79 Å². The van der Waals surface area contributed by atoms with Crippen molar-refractivity contribution in [2.75, 3.05) is 7.05 Å². The zero-order chi connectivity index (χ0) is 13.7. The third kappa shape index (κ3) is 2.28. The molecule has 1 rings (SSSR count). The summed E-state index contributed by atoms with van der Waals surface area (Å²) in [4.78, 5) is 13.8. The number of rotatable bonds is 3. The van der Waals surface area contributed by atoms with Crippen molar-refractivity contribution >= 4 is 5.91 Å². The van der Waals surface area contributed by atoms with Gasteiger partial charge in [-0.15, -0.1) is 0 Å². The number of likely N-dealkylation sites (N-methyl/N-ethyl adjacent to an activating group) is 1. The van der Waals surface area contributed by atoms with E-state index in [2.05, 4.69) is 13.2 Å². The fourth-order valence-electron chi connectivity index (χ4n) is 2.01. The Hall–Kier alpha value is -2.09. The van der Waals surface area contributed by atoms with Gasteiger partial charge >= 0.3 is 0 Å². The van der Waals surface area contributed by atoms with Gasteiger partial charge in [-0.05, 0) is 25.5 Å². The largest absolute Gasteiger partial charge is 0.311 e. The lowest BCUT2D eigenvalue weighted by Crippen LogP contribution is -2.17. The predicted octanol–water partition coefficient (Wildman–Crippen LogP) is 3.53. The molecule has 1 saturated heterocycles. The van der Waals surface area contributed by atoms with E-state index in [4.69, 9.17) is 0 Å². The number of hydrogen-bond acceptors (Lipinski definition) is 1. The Morgan fingerprint density at radius 1 is 1.28 bits per heavy atom. The van der Waals surface area contributed by atoms with Crippen molar-refractivity contribution in [2.45, 2.75) is 13.8 Å². The van der Waals surface area contributed by atoms with Crippen LogP contribution in [0.3, 0.4) is 0 Å². The fraction of sp³-hybridized carbons (Fsp3) is 0.188. The highest BCUT2D eigenvalue weighted by Crippen LogP contribution is 2.35. The molecule has 0 aliphatic carbocycles. The van der Waals surface area contributed by atoms with Crippen LogP contribution in [0.15, 0.2) is 72.0 Å². The van der Waals surface area contributed by atoms with Crippen molar-refractivity contribution < 1.29 is 4.79 Å². The molecule has 0 spiro atoms. The lowest BCUT2D eigenvalue weighted by Gasteiger charge is -2.10. The minimum absolute atomic E-state index is 0.00412. The van der Waals surface area contributed by atoms with Gasteiger partial charge in [0.25, 0.3) is 5.91 Å². The highest BCUT2D eigenvalue weighted by atomic mass is 16.2. The van der Waals surface area contributed by atoms with Crippen LogP contribution in [0.1, 0.15) is 13.8 Å². The average molecular weight is 241 g/mol. The lowest BCUT2D eigenvalue weighted by molar-refractivity contribution is -0.122. The molecule has 1 heterocycles. The number of carbonyl (C=O) groups is 1. The van der Waals surface area contributed by atoms with Gasteiger partial charge in [-0.2, -0.15) is 0 Å². The Morgan fingerprint density at radius 2 is 1.94 bits per heavy atom. The SMILES string of the molecule is C=C\C=C1C(=C(C=C)/C=C\C)/C(=C\C)C(=O)N/1C. The molecule has 18 heavy (non-hydrogen) atoms. The maximum absolute atomic E-state index is 12.1. The van der Waals surface area contributed by atoms with Gasteiger partial charge in [0.2, 0.25) is 0 Å². The van der Waals surface area contributed by atoms with Gasteiger partial charge in [0, 0.05) is 18.2 Å². The summed E-state index contributed by atoms with van der Waals surface area (Å²) in [6, 6.07) is 0. The first-order valence-corrected chi connectivity index (χ1v) is 5.89.